The van der Waals surface area contributed by atoms with Crippen molar-refractivity contribution in [3.8, 4) is 5.75 Å². The Bertz CT molecular complexity index is 649. The van der Waals surface area contributed by atoms with Gasteiger partial charge in [-0.25, -0.2) is 0 Å². The quantitative estimate of drug-likeness (QED) is 0.769. The fourth-order valence-electron chi connectivity index (χ4n) is 3.32. The Morgan fingerprint density at radius 1 is 1.19 bits per heavy atom. The minimum absolute atomic E-state index is 0.0650. The molecule has 1 aromatic carbocycles. The first kappa shape index (κ1) is 18.8. The van der Waals surface area contributed by atoms with E-state index >= 15 is 0 Å². The van der Waals surface area contributed by atoms with Crippen LogP contribution in [0.15, 0.2) is 24.3 Å². The number of para-hydroxylation sites is 2. The zero-order valence-corrected chi connectivity index (χ0v) is 15.8. The molecule has 2 heterocycles. The molecule has 2 fully saturated rings. The van der Waals surface area contributed by atoms with Gasteiger partial charge < -0.3 is 19.6 Å². The van der Waals surface area contributed by atoms with Crippen LogP contribution >= 0.6 is 11.8 Å². The lowest BCUT2D eigenvalue weighted by atomic mass is 10.2. The lowest BCUT2D eigenvalue weighted by molar-refractivity contribution is -0.141. The highest BCUT2D eigenvalue weighted by Crippen LogP contribution is 2.27. The number of phenols is 1. The van der Waals surface area contributed by atoms with Gasteiger partial charge in [-0.1, -0.05) is 12.1 Å². The maximum Gasteiger partial charge on any atom is 0.320 e. The van der Waals surface area contributed by atoms with Crippen molar-refractivity contribution in [3.63, 3.8) is 0 Å². The number of piperazine rings is 1. The summed E-state index contributed by atoms with van der Waals surface area (Å²) in [5.41, 5.74) is 0.840. The van der Waals surface area contributed by atoms with Gasteiger partial charge in [-0.3, -0.25) is 14.5 Å². The van der Waals surface area contributed by atoms with Crippen molar-refractivity contribution in [2.45, 2.75) is 5.25 Å². The number of carbonyl (C=O) groups excluding carboxylic acids is 2. The molecule has 0 saturated carbocycles. The fraction of sp³-hybridized carbons (Fsp3) is 0.556. The number of aromatic hydroxyl groups is 1. The Labute approximate surface area is 157 Å². The Hall–Kier alpha value is -1.93. The Balaban J connectivity index is 1.49. The molecule has 1 amide bonds. The first-order valence-corrected chi connectivity index (χ1v) is 9.86. The summed E-state index contributed by atoms with van der Waals surface area (Å²) in [7, 11) is 1.38. The van der Waals surface area contributed by atoms with Crippen LogP contribution in [0.2, 0.25) is 0 Å². The van der Waals surface area contributed by atoms with Crippen LogP contribution in [-0.2, 0) is 14.3 Å². The molecular weight excluding hydrogens is 354 g/mol. The molecule has 0 radical (unpaired) electrons. The van der Waals surface area contributed by atoms with Crippen LogP contribution < -0.4 is 4.90 Å². The number of rotatable bonds is 4. The second kappa shape index (κ2) is 8.64. The first-order chi connectivity index (χ1) is 12.6. The number of carbonyl (C=O) groups is 2. The van der Waals surface area contributed by atoms with E-state index in [9.17, 15) is 14.7 Å². The summed E-state index contributed by atoms with van der Waals surface area (Å²) in [5, 5.41) is 9.70. The van der Waals surface area contributed by atoms with Crippen LogP contribution in [-0.4, -0.2) is 90.7 Å². The molecule has 0 bridgehead atoms. The predicted molar refractivity (Wildman–Crippen MR) is 102 cm³/mol. The predicted octanol–water partition coefficient (Wildman–Crippen LogP) is 0.631. The van der Waals surface area contributed by atoms with Gasteiger partial charge in [-0.05, 0) is 12.1 Å². The monoisotopic (exact) mass is 379 g/mol. The van der Waals surface area contributed by atoms with Gasteiger partial charge in [-0.2, -0.15) is 0 Å². The smallest absolute Gasteiger partial charge is 0.320 e. The number of hydrogen-bond donors (Lipinski definition) is 1. The van der Waals surface area contributed by atoms with Crippen molar-refractivity contribution in [3.05, 3.63) is 24.3 Å². The van der Waals surface area contributed by atoms with E-state index < -0.39 is 0 Å². The standard InChI is InChI=1S/C18H25N3O4S/c1-25-18(24)16-12-21(10-11-26-16)17(23)13-19-6-8-20(9-7-19)14-4-2-3-5-15(14)22/h2-5,16,22H,6-13H2,1H3/t16-/m1/s1. The highest BCUT2D eigenvalue weighted by molar-refractivity contribution is 8.00. The molecule has 142 valence electrons. The van der Waals surface area contributed by atoms with Gasteiger partial charge in [-0.15, -0.1) is 11.8 Å². The van der Waals surface area contributed by atoms with E-state index in [2.05, 4.69) is 9.80 Å². The second-order valence-corrected chi connectivity index (χ2v) is 7.78. The Morgan fingerprint density at radius 2 is 1.92 bits per heavy atom. The minimum atomic E-state index is -0.282. The fourth-order valence-corrected chi connectivity index (χ4v) is 4.45. The number of esters is 1. The summed E-state index contributed by atoms with van der Waals surface area (Å²) in [4.78, 5) is 30.3. The molecule has 7 nitrogen and oxygen atoms in total. The van der Waals surface area contributed by atoms with Gasteiger partial charge >= 0.3 is 5.97 Å². The van der Waals surface area contributed by atoms with Gasteiger partial charge in [0.2, 0.25) is 5.91 Å². The Kier molecular flexibility index (Phi) is 6.26. The zero-order valence-electron chi connectivity index (χ0n) is 15.0. The third-order valence-corrected chi connectivity index (χ3v) is 6.00. The van der Waals surface area contributed by atoms with Crippen molar-refractivity contribution in [2.75, 3.05) is 63.6 Å². The summed E-state index contributed by atoms with van der Waals surface area (Å²) >= 11 is 1.55. The largest absolute Gasteiger partial charge is 0.506 e. The normalized spacial score (nSPS) is 21.5. The molecule has 2 aliphatic heterocycles. The third kappa shape index (κ3) is 4.42. The molecule has 1 atom stereocenters. The Morgan fingerprint density at radius 3 is 2.62 bits per heavy atom. The maximum absolute atomic E-state index is 12.6. The molecule has 0 spiro atoms. The van der Waals surface area contributed by atoms with E-state index in [0.29, 0.717) is 19.6 Å². The van der Waals surface area contributed by atoms with E-state index in [1.165, 1.54) is 7.11 Å². The number of benzene rings is 1. The van der Waals surface area contributed by atoms with Crippen molar-refractivity contribution < 1.29 is 19.4 Å². The average molecular weight is 379 g/mol. The van der Waals surface area contributed by atoms with Gasteiger partial charge in [0.05, 0.1) is 19.3 Å². The molecule has 0 aliphatic carbocycles. The minimum Gasteiger partial charge on any atom is -0.506 e. The number of ether oxygens (including phenoxy) is 1. The van der Waals surface area contributed by atoms with Crippen LogP contribution in [0.1, 0.15) is 0 Å². The maximum atomic E-state index is 12.6. The molecule has 8 heteroatoms. The van der Waals surface area contributed by atoms with Crippen molar-refractivity contribution >= 4 is 29.3 Å². The van der Waals surface area contributed by atoms with Crippen LogP contribution in [0.3, 0.4) is 0 Å². The molecule has 2 saturated heterocycles. The van der Waals surface area contributed by atoms with Crippen LogP contribution in [0, 0.1) is 0 Å². The number of hydrogen-bond acceptors (Lipinski definition) is 7. The molecule has 0 unspecified atom stereocenters. The highest BCUT2D eigenvalue weighted by atomic mass is 32.2. The van der Waals surface area contributed by atoms with E-state index in [-0.39, 0.29) is 22.9 Å². The van der Waals surface area contributed by atoms with E-state index in [4.69, 9.17) is 4.74 Å². The second-order valence-electron chi connectivity index (χ2n) is 6.47. The summed E-state index contributed by atoms with van der Waals surface area (Å²) in [6, 6.07) is 7.33. The van der Waals surface area contributed by atoms with E-state index in [1.54, 1.807) is 22.7 Å². The lowest BCUT2D eigenvalue weighted by Gasteiger charge is -2.37. The first-order valence-electron chi connectivity index (χ1n) is 8.81. The van der Waals surface area contributed by atoms with Crippen molar-refractivity contribution in [1.29, 1.82) is 0 Å². The molecule has 26 heavy (non-hydrogen) atoms. The lowest BCUT2D eigenvalue weighted by Crippen LogP contribution is -2.52. The van der Waals surface area contributed by atoms with Crippen LogP contribution in [0.4, 0.5) is 5.69 Å². The summed E-state index contributed by atoms with van der Waals surface area (Å²) in [5.74, 6) is 0.850. The molecule has 1 N–H and O–H groups in total. The highest BCUT2D eigenvalue weighted by Gasteiger charge is 2.30. The molecular formula is C18H25N3O4S. The number of nitrogens with zero attached hydrogens (tertiary/aromatic N) is 3. The average Bonchev–Trinajstić information content (AvgIpc) is 2.68. The van der Waals surface area contributed by atoms with E-state index in [1.807, 2.05) is 18.2 Å². The summed E-state index contributed by atoms with van der Waals surface area (Å²) in [6.07, 6.45) is 0. The van der Waals surface area contributed by atoms with E-state index in [0.717, 1.165) is 37.6 Å². The number of amides is 1. The molecule has 3 rings (SSSR count). The molecule has 0 aromatic heterocycles. The van der Waals surface area contributed by atoms with Crippen molar-refractivity contribution in [1.82, 2.24) is 9.80 Å². The molecule has 2 aliphatic rings. The van der Waals surface area contributed by atoms with Crippen LogP contribution in [0.25, 0.3) is 0 Å². The van der Waals surface area contributed by atoms with Crippen LogP contribution in [0.5, 0.6) is 5.75 Å². The summed E-state index contributed by atoms with van der Waals surface area (Å²) < 4.78 is 4.80. The van der Waals surface area contributed by atoms with Crippen molar-refractivity contribution in [2.24, 2.45) is 0 Å². The van der Waals surface area contributed by atoms with Gasteiger partial charge in [0.25, 0.3) is 0 Å². The topological polar surface area (TPSA) is 73.3 Å². The number of anilines is 1. The third-order valence-electron chi connectivity index (χ3n) is 4.84. The number of thioether (sulfide) groups is 1. The number of phenolic OH excluding ortho intramolecular Hbond substituents is 1. The van der Waals surface area contributed by atoms with Gasteiger partial charge in [0.1, 0.15) is 11.0 Å². The van der Waals surface area contributed by atoms with Gasteiger partial charge in [0, 0.05) is 45.0 Å². The van der Waals surface area contributed by atoms with Gasteiger partial charge in [0.15, 0.2) is 0 Å². The number of methoxy groups -OCH3 is 1. The zero-order chi connectivity index (χ0) is 18.5. The summed E-state index contributed by atoms with van der Waals surface area (Å²) in [6.45, 7) is 4.54. The SMILES string of the molecule is COC(=O)[C@H]1CN(C(=O)CN2CCN(c3ccccc3O)CC2)CCS1. The molecule has 1 aromatic rings.